The van der Waals surface area contributed by atoms with Crippen LogP contribution in [0.1, 0.15) is 92.2 Å². The summed E-state index contributed by atoms with van der Waals surface area (Å²) < 4.78 is 7.08. The molecule has 7 heteroatoms. The average Bonchev–Trinajstić information content (AvgIpc) is 3.22. The number of ether oxygens (including phenoxy) is 1. The van der Waals surface area contributed by atoms with Crippen molar-refractivity contribution < 1.29 is 19.4 Å². The van der Waals surface area contributed by atoms with Crippen LogP contribution in [0.3, 0.4) is 0 Å². The van der Waals surface area contributed by atoms with Gasteiger partial charge in [0.2, 0.25) is 0 Å². The number of fused-ring (bicyclic) bond motifs is 1. The van der Waals surface area contributed by atoms with Crippen LogP contribution >= 0.6 is 23.1 Å². The number of carbonyl (C=O) groups excluding carboxylic acids is 2. The van der Waals surface area contributed by atoms with Gasteiger partial charge in [-0.15, -0.1) is 11.3 Å². The summed E-state index contributed by atoms with van der Waals surface area (Å²) in [6.07, 6.45) is 8.74. The molecule has 0 amide bonds. The minimum atomic E-state index is -0.694. The first kappa shape index (κ1) is 28.4. The maximum Gasteiger partial charge on any atom is 0.306 e. The van der Waals surface area contributed by atoms with Gasteiger partial charge in [0.1, 0.15) is 16.2 Å². The molecule has 3 rings (SSSR count). The molecule has 1 saturated heterocycles. The van der Waals surface area contributed by atoms with Gasteiger partial charge in [0, 0.05) is 23.1 Å². The third kappa shape index (κ3) is 7.20. The number of Topliss-reactive ketones (excluding diaryl/α,β-unsaturated/α-hetero) is 1. The van der Waals surface area contributed by atoms with Crippen molar-refractivity contribution in [2.45, 2.75) is 103 Å². The van der Waals surface area contributed by atoms with E-state index >= 15 is 0 Å². The number of thioether (sulfide) groups is 1. The first-order chi connectivity index (χ1) is 16.4. The molecule has 1 aliphatic carbocycles. The van der Waals surface area contributed by atoms with Crippen LogP contribution in [0.4, 0.5) is 0 Å². The number of thiazole rings is 1. The van der Waals surface area contributed by atoms with Gasteiger partial charge in [0.25, 0.3) is 0 Å². The minimum Gasteiger partial charge on any atom is -0.458 e. The van der Waals surface area contributed by atoms with Gasteiger partial charge < -0.3 is 9.84 Å². The fourth-order valence-electron chi connectivity index (χ4n) is 5.54. The van der Waals surface area contributed by atoms with E-state index in [1.54, 1.807) is 23.1 Å². The molecule has 2 aliphatic rings. The molecule has 0 unspecified atom stereocenters. The molecule has 2 fully saturated rings. The van der Waals surface area contributed by atoms with Crippen molar-refractivity contribution in [3.05, 3.63) is 16.6 Å². The Kier molecular flexibility index (Phi) is 9.31. The van der Waals surface area contributed by atoms with Crippen molar-refractivity contribution in [2.24, 2.45) is 28.6 Å². The fraction of sp³-hybridized carbons (Fsp3) is 0.750. The highest BCUT2D eigenvalue weighted by Gasteiger charge is 2.50. The maximum atomic E-state index is 13.2. The Hall–Kier alpha value is -1.18. The number of aliphatic hydroxyl groups is 1. The number of cyclic esters (lactones) is 1. The van der Waals surface area contributed by atoms with Gasteiger partial charge in [-0.05, 0) is 74.2 Å². The van der Waals surface area contributed by atoms with Crippen LogP contribution < -0.4 is 0 Å². The summed E-state index contributed by atoms with van der Waals surface area (Å²) in [6, 6.07) is 0. The van der Waals surface area contributed by atoms with Gasteiger partial charge in [-0.3, -0.25) is 9.59 Å². The van der Waals surface area contributed by atoms with Crippen molar-refractivity contribution >= 4 is 40.9 Å². The van der Waals surface area contributed by atoms with Gasteiger partial charge in [-0.25, -0.2) is 4.98 Å². The Morgan fingerprint density at radius 2 is 1.97 bits per heavy atom. The van der Waals surface area contributed by atoms with Crippen LogP contribution in [0.5, 0.6) is 0 Å². The SMILES string of the molecule is CSc1nc(/C=C(\C)[C@@H]2C[C@@H]3C[C@@]3(C)CCC[C@H](C)[C@H](O)[C@@H](C)C(=O)C(C)(C)CCC(=O)O2)cs1. The molecular formula is C28H43NO4S2. The molecule has 0 radical (unpaired) electrons. The van der Waals surface area contributed by atoms with Gasteiger partial charge >= 0.3 is 5.97 Å². The van der Waals surface area contributed by atoms with Crippen LogP contribution in [0, 0.1) is 28.6 Å². The number of esters is 1. The van der Waals surface area contributed by atoms with E-state index in [9.17, 15) is 14.7 Å². The molecular weight excluding hydrogens is 478 g/mol. The molecule has 1 aliphatic heterocycles. The van der Waals surface area contributed by atoms with Crippen molar-refractivity contribution in [1.82, 2.24) is 4.98 Å². The van der Waals surface area contributed by atoms with Crippen molar-refractivity contribution in [3.63, 3.8) is 0 Å². The fourth-order valence-corrected chi connectivity index (χ4v) is 6.76. The van der Waals surface area contributed by atoms with Gasteiger partial charge in [-0.2, -0.15) is 0 Å². The van der Waals surface area contributed by atoms with Gasteiger partial charge in [-0.1, -0.05) is 52.8 Å². The lowest BCUT2D eigenvalue weighted by molar-refractivity contribution is -0.149. The summed E-state index contributed by atoms with van der Waals surface area (Å²) in [5, 5.41) is 12.9. The maximum absolute atomic E-state index is 13.2. The Balaban J connectivity index is 1.81. The topological polar surface area (TPSA) is 76.5 Å². The first-order valence-corrected chi connectivity index (χ1v) is 15.1. The summed E-state index contributed by atoms with van der Waals surface area (Å²) in [5.41, 5.74) is 1.49. The smallest absolute Gasteiger partial charge is 0.306 e. The Morgan fingerprint density at radius 1 is 1.26 bits per heavy atom. The van der Waals surface area contributed by atoms with Gasteiger partial charge in [0.05, 0.1) is 11.8 Å². The van der Waals surface area contributed by atoms with Crippen LogP contribution in [0.2, 0.25) is 0 Å². The van der Waals surface area contributed by atoms with Crippen molar-refractivity contribution in [3.8, 4) is 0 Å². The van der Waals surface area contributed by atoms with E-state index in [0.717, 1.165) is 47.7 Å². The van der Waals surface area contributed by atoms with E-state index in [1.807, 2.05) is 45.4 Å². The summed E-state index contributed by atoms with van der Waals surface area (Å²) in [5.74, 6) is -0.0959. The zero-order valence-electron chi connectivity index (χ0n) is 22.4. The Bertz CT molecular complexity index is 939. The number of aromatic nitrogens is 1. The second-order valence-electron chi connectivity index (χ2n) is 11.8. The van der Waals surface area contributed by atoms with Crippen molar-refractivity contribution in [2.75, 3.05) is 6.26 Å². The summed E-state index contributed by atoms with van der Waals surface area (Å²) in [7, 11) is 0. The van der Waals surface area contributed by atoms with Crippen LogP contribution in [0.25, 0.3) is 6.08 Å². The third-order valence-corrected chi connectivity index (χ3v) is 10.3. The predicted octanol–water partition coefficient (Wildman–Crippen LogP) is 6.79. The molecule has 1 N–H and O–H groups in total. The van der Waals surface area contributed by atoms with Crippen LogP contribution in [0.15, 0.2) is 15.3 Å². The zero-order chi connectivity index (χ0) is 26.0. The van der Waals surface area contributed by atoms with Gasteiger partial charge in [0.15, 0.2) is 0 Å². The monoisotopic (exact) mass is 521 g/mol. The lowest BCUT2D eigenvalue weighted by atomic mass is 9.74. The molecule has 1 saturated carbocycles. The standard InChI is InChI=1S/C28H43NO4S2/c1-17-9-8-11-28(6)15-20(28)14-22(18(2)13-21-16-35-26(29-21)34-7)33-23(30)10-12-27(4,5)25(32)19(3)24(17)31/h13,16-17,19-20,22,24,31H,8-12,14-15H2,1-7H3/b18-13+/t17-,19+,20+,22-,24-,28+/m0/s1. The first-order valence-electron chi connectivity index (χ1n) is 13.0. The molecule has 35 heavy (non-hydrogen) atoms. The Morgan fingerprint density at radius 3 is 2.63 bits per heavy atom. The van der Waals surface area contributed by atoms with E-state index in [0.29, 0.717) is 12.3 Å². The summed E-state index contributed by atoms with van der Waals surface area (Å²) in [6.45, 7) is 12.0. The normalized spacial score (nSPS) is 35.3. The molecule has 0 aromatic carbocycles. The molecule has 1 aromatic heterocycles. The largest absolute Gasteiger partial charge is 0.458 e. The molecule has 0 bridgehead atoms. The predicted molar refractivity (Wildman–Crippen MR) is 144 cm³/mol. The minimum absolute atomic E-state index is 0.0201. The highest BCUT2D eigenvalue weighted by molar-refractivity contribution is 8.00. The quantitative estimate of drug-likeness (QED) is 0.349. The summed E-state index contributed by atoms with van der Waals surface area (Å²) in [4.78, 5) is 30.8. The van der Waals surface area contributed by atoms with Crippen molar-refractivity contribution in [1.29, 1.82) is 0 Å². The third-order valence-electron chi connectivity index (χ3n) is 8.41. The van der Waals surface area contributed by atoms with Crippen LogP contribution in [-0.2, 0) is 14.3 Å². The van der Waals surface area contributed by atoms with E-state index in [4.69, 9.17) is 4.74 Å². The molecule has 196 valence electrons. The van der Waals surface area contributed by atoms with Crippen LogP contribution in [-0.4, -0.2) is 40.3 Å². The zero-order valence-corrected chi connectivity index (χ0v) is 24.1. The van der Waals surface area contributed by atoms with E-state index in [1.165, 1.54) is 0 Å². The average molecular weight is 522 g/mol. The number of rotatable bonds is 3. The second kappa shape index (κ2) is 11.5. The molecule has 0 spiro atoms. The highest BCUT2D eigenvalue weighted by atomic mass is 32.2. The number of hydrogen-bond donors (Lipinski definition) is 1. The lowest BCUT2D eigenvalue weighted by Gasteiger charge is -2.31. The van der Waals surface area contributed by atoms with E-state index in [2.05, 4.69) is 18.8 Å². The number of carbonyl (C=O) groups is 2. The van der Waals surface area contributed by atoms with E-state index in [-0.39, 0.29) is 35.6 Å². The number of ketones is 1. The number of hydrogen-bond acceptors (Lipinski definition) is 7. The lowest BCUT2D eigenvalue weighted by Crippen LogP contribution is -2.39. The number of aliphatic hydroxyl groups excluding tert-OH is 1. The highest BCUT2D eigenvalue weighted by Crippen LogP contribution is 2.58. The summed E-state index contributed by atoms with van der Waals surface area (Å²) >= 11 is 3.25. The Labute approximate surface area is 219 Å². The molecule has 5 nitrogen and oxygen atoms in total. The second-order valence-corrected chi connectivity index (χ2v) is 13.7. The number of nitrogens with zero attached hydrogens (tertiary/aromatic N) is 1. The van der Waals surface area contributed by atoms with E-state index < -0.39 is 17.4 Å². The molecule has 6 atom stereocenters. The molecule has 2 heterocycles. The molecule has 1 aromatic rings.